The Morgan fingerprint density at radius 1 is 1.57 bits per heavy atom. The van der Waals surface area contributed by atoms with E-state index in [4.69, 9.17) is 4.42 Å². The van der Waals surface area contributed by atoms with Gasteiger partial charge in [-0.3, -0.25) is 0 Å². The Hall–Kier alpha value is -0.760. The molecule has 0 saturated heterocycles. The molecule has 1 aromatic rings. The average molecular weight is 193 g/mol. The summed E-state index contributed by atoms with van der Waals surface area (Å²) in [6.07, 6.45) is 2.63. The van der Waals surface area contributed by atoms with E-state index in [1.165, 1.54) is 12.8 Å². The lowest BCUT2D eigenvalue weighted by Gasteiger charge is -2.10. The van der Waals surface area contributed by atoms with Gasteiger partial charge in [0.25, 0.3) is 0 Å². The first-order valence-corrected chi connectivity index (χ1v) is 5.53. The molecule has 1 aliphatic rings. The molecule has 1 heterocycles. The molecule has 1 fully saturated rings. The monoisotopic (exact) mass is 193 g/mol. The summed E-state index contributed by atoms with van der Waals surface area (Å²) in [7, 11) is 0. The van der Waals surface area contributed by atoms with Crippen LogP contribution in [0.25, 0.3) is 0 Å². The summed E-state index contributed by atoms with van der Waals surface area (Å²) in [6, 6.07) is 5.17. The van der Waals surface area contributed by atoms with Gasteiger partial charge in [0.05, 0.1) is 6.04 Å². The van der Waals surface area contributed by atoms with Crippen molar-refractivity contribution in [2.24, 2.45) is 5.92 Å². The highest BCUT2D eigenvalue weighted by molar-refractivity contribution is 5.10. The Morgan fingerprint density at radius 3 is 2.86 bits per heavy atom. The van der Waals surface area contributed by atoms with E-state index in [1.807, 2.05) is 13.0 Å². The average Bonchev–Trinajstić information content (AvgIpc) is 2.77. The van der Waals surface area contributed by atoms with Crippen LogP contribution in [0.15, 0.2) is 16.5 Å². The molecule has 0 bridgehead atoms. The zero-order chi connectivity index (χ0) is 10.1. The smallest absolute Gasteiger partial charge is 0.120 e. The Morgan fingerprint density at radius 2 is 2.36 bits per heavy atom. The highest BCUT2D eigenvalue weighted by Gasteiger charge is 2.36. The summed E-state index contributed by atoms with van der Waals surface area (Å²) >= 11 is 0. The van der Waals surface area contributed by atoms with Gasteiger partial charge in [-0.05, 0) is 38.3 Å². The number of rotatable bonds is 4. The number of nitrogens with one attached hydrogen (secondary N) is 1. The van der Waals surface area contributed by atoms with E-state index < -0.39 is 0 Å². The summed E-state index contributed by atoms with van der Waals surface area (Å²) in [5.74, 6) is 2.95. The zero-order valence-electron chi connectivity index (χ0n) is 9.21. The van der Waals surface area contributed by atoms with Crippen LogP contribution in [0.4, 0.5) is 0 Å². The van der Waals surface area contributed by atoms with Crippen LogP contribution in [0.3, 0.4) is 0 Å². The lowest BCUT2D eigenvalue weighted by molar-refractivity contribution is 0.409. The van der Waals surface area contributed by atoms with E-state index in [1.54, 1.807) is 0 Å². The van der Waals surface area contributed by atoms with Gasteiger partial charge in [-0.15, -0.1) is 0 Å². The summed E-state index contributed by atoms with van der Waals surface area (Å²) in [5, 5.41) is 3.59. The predicted octanol–water partition coefficient (Wildman–Crippen LogP) is 3.04. The second kappa shape index (κ2) is 3.77. The highest BCUT2D eigenvalue weighted by atomic mass is 16.3. The predicted molar refractivity (Wildman–Crippen MR) is 57.2 cm³/mol. The molecule has 0 spiro atoms. The number of hydrogen-bond donors (Lipinski definition) is 1. The first-order chi connectivity index (χ1) is 6.70. The van der Waals surface area contributed by atoms with Gasteiger partial charge in [0.2, 0.25) is 0 Å². The molecule has 2 nitrogen and oxygen atoms in total. The van der Waals surface area contributed by atoms with Gasteiger partial charge < -0.3 is 9.73 Å². The van der Waals surface area contributed by atoms with Crippen LogP contribution in [-0.4, -0.2) is 6.04 Å². The van der Waals surface area contributed by atoms with Gasteiger partial charge in [-0.25, -0.2) is 0 Å². The molecular formula is C12H19NO. The van der Waals surface area contributed by atoms with Gasteiger partial charge in [0, 0.05) is 6.04 Å². The van der Waals surface area contributed by atoms with E-state index in [9.17, 15) is 0 Å². The van der Waals surface area contributed by atoms with E-state index in [2.05, 4.69) is 25.2 Å². The van der Waals surface area contributed by atoms with Gasteiger partial charge in [-0.1, -0.05) is 13.3 Å². The maximum Gasteiger partial charge on any atom is 0.120 e. The molecule has 0 amide bonds. The fourth-order valence-electron chi connectivity index (χ4n) is 1.99. The minimum absolute atomic E-state index is 0.352. The molecule has 3 atom stereocenters. The van der Waals surface area contributed by atoms with Crippen LogP contribution >= 0.6 is 0 Å². The first kappa shape index (κ1) is 9.78. The summed E-state index contributed by atoms with van der Waals surface area (Å²) < 4.78 is 5.58. The SMILES string of the molecule is CCC1CC1NC(C)c1ccc(C)o1. The second-order valence-electron chi connectivity index (χ2n) is 4.35. The highest BCUT2D eigenvalue weighted by Crippen LogP contribution is 2.35. The standard InChI is InChI=1S/C12H19NO/c1-4-10-7-11(10)13-9(3)12-6-5-8(2)14-12/h5-6,9-11,13H,4,7H2,1-3H3. The van der Waals surface area contributed by atoms with Crippen molar-refractivity contribution in [3.8, 4) is 0 Å². The minimum Gasteiger partial charge on any atom is -0.465 e. The van der Waals surface area contributed by atoms with Crippen molar-refractivity contribution in [2.75, 3.05) is 0 Å². The molecule has 1 aliphatic carbocycles. The van der Waals surface area contributed by atoms with Crippen LogP contribution in [0, 0.1) is 12.8 Å². The summed E-state index contributed by atoms with van der Waals surface area (Å²) in [4.78, 5) is 0. The van der Waals surface area contributed by atoms with Crippen LogP contribution < -0.4 is 5.32 Å². The Bertz CT molecular complexity index is 305. The van der Waals surface area contributed by atoms with E-state index >= 15 is 0 Å². The molecule has 1 N–H and O–H groups in total. The van der Waals surface area contributed by atoms with E-state index in [0.29, 0.717) is 6.04 Å². The van der Waals surface area contributed by atoms with Crippen molar-refractivity contribution in [1.82, 2.24) is 5.32 Å². The first-order valence-electron chi connectivity index (χ1n) is 5.53. The van der Waals surface area contributed by atoms with Gasteiger partial charge in [0.1, 0.15) is 11.5 Å². The fraction of sp³-hybridized carbons (Fsp3) is 0.667. The maximum absolute atomic E-state index is 5.58. The van der Waals surface area contributed by atoms with Crippen molar-refractivity contribution in [2.45, 2.75) is 45.7 Å². The molecule has 0 aliphatic heterocycles. The van der Waals surface area contributed by atoms with Crippen LogP contribution in [-0.2, 0) is 0 Å². The Balaban J connectivity index is 1.87. The second-order valence-corrected chi connectivity index (χ2v) is 4.35. The lowest BCUT2D eigenvalue weighted by Crippen LogP contribution is -2.21. The molecule has 0 aromatic carbocycles. The van der Waals surface area contributed by atoms with Crippen LogP contribution in [0.2, 0.25) is 0 Å². The summed E-state index contributed by atoms with van der Waals surface area (Å²) in [5.41, 5.74) is 0. The van der Waals surface area contributed by atoms with Crippen molar-refractivity contribution in [3.05, 3.63) is 23.7 Å². The number of aryl methyl sites for hydroxylation is 1. The van der Waals surface area contributed by atoms with Gasteiger partial charge in [-0.2, -0.15) is 0 Å². The largest absolute Gasteiger partial charge is 0.465 e. The molecule has 2 heteroatoms. The molecule has 1 saturated carbocycles. The third-order valence-electron chi connectivity index (χ3n) is 3.10. The quantitative estimate of drug-likeness (QED) is 0.795. The van der Waals surface area contributed by atoms with Gasteiger partial charge >= 0.3 is 0 Å². The Kier molecular flexibility index (Phi) is 2.64. The van der Waals surface area contributed by atoms with E-state index in [0.717, 1.165) is 23.5 Å². The van der Waals surface area contributed by atoms with Crippen LogP contribution in [0.5, 0.6) is 0 Å². The molecular weight excluding hydrogens is 174 g/mol. The third kappa shape index (κ3) is 2.01. The maximum atomic E-state index is 5.58. The molecule has 78 valence electrons. The normalized spacial score (nSPS) is 27.6. The molecule has 3 unspecified atom stereocenters. The van der Waals surface area contributed by atoms with Gasteiger partial charge in [0.15, 0.2) is 0 Å². The molecule has 0 radical (unpaired) electrons. The molecule has 1 aromatic heterocycles. The summed E-state index contributed by atoms with van der Waals surface area (Å²) in [6.45, 7) is 6.42. The number of hydrogen-bond acceptors (Lipinski definition) is 2. The lowest BCUT2D eigenvalue weighted by atomic mass is 10.2. The third-order valence-corrected chi connectivity index (χ3v) is 3.10. The topological polar surface area (TPSA) is 25.2 Å². The molecule has 14 heavy (non-hydrogen) atoms. The van der Waals surface area contributed by atoms with Crippen molar-refractivity contribution in [3.63, 3.8) is 0 Å². The minimum atomic E-state index is 0.352. The molecule has 2 rings (SSSR count). The van der Waals surface area contributed by atoms with Crippen molar-refractivity contribution >= 4 is 0 Å². The van der Waals surface area contributed by atoms with Crippen molar-refractivity contribution < 1.29 is 4.42 Å². The zero-order valence-corrected chi connectivity index (χ0v) is 9.21. The van der Waals surface area contributed by atoms with Crippen molar-refractivity contribution in [1.29, 1.82) is 0 Å². The number of furan rings is 1. The fourth-order valence-corrected chi connectivity index (χ4v) is 1.99. The van der Waals surface area contributed by atoms with E-state index in [-0.39, 0.29) is 0 Å². The van der Waals surface area contributed by atoms with Crippen LogP contribution in [0.1, 0.15) is 44.3 Å². The Labute approximate surface area is 85.7 Å².